The minimum absolute atomic E-state index is 0.0240. The summed E-state index contributed by atoms with van der Waals surface area (Å²) >= 11 is 0. The van der Waals surface area contributed by atoms with Crippen LogP contribution in [-0.2, 0) is 20.7 Å². The van der Waals surface area contributed by atoms with Gasteiger partial charge in [-0.05, 0) is 37.3 Å². The number of carbonyl (C=O) groups excluding carboxylic acids is 4. The molecule has 0 bridgehead atoms. The first kappa shape index (κ1) is 24.3. The number of nitrogens with zero attached hydrogens (tertiary/aromatic N) is 1. The van der Waals surface area contributed by atoms with Crippen molar-refractivity contribution in [3.05, 3.63) is 45.4 Å². The summed E-state index contributed by atoms with van der Waals surface area (Å²) in [5.41, 5.74) is 1.85. The van der Waals surface area contributed by atoms with Gasteiger partial charge in [0.05, 0.1) is 12.2 Å². The zero-order valence-corrected chi connectivity index (χ0v) is 19.4. The van der Waals surface area contributed by atoms with E-state index in [2.05, 4.69) is 0 Å². The SMILES string of the molecule is CCOC(=O)c1cc(N(C)C)c2c(c1O)C(=O)C1=C(O)[C@]3(O)C(=O)C(C(N)=O)=C(O)C[C@@H]3C[C@@H]1C2. The highest BCUT2D eigenvalue weighted by atomic mass is 16.5. The predicted molar refractivity (Wildman–Crippen MR) is 121 cm³/mol. The normalized spacial score (nSPS) is 25.6. The lowest BCUT2D eigenvalue weighted by Gasteiger charge is -2.45. The van der Waals surface area contributed by atoms with Crippen molar-refractivity contribution < 1.29 is 44.3 Å². The Kier molecular flexibility index (Phi) is 5.63. The van der Waals surface area contributed by atoms with E-state index in [-0.39, 0.29) is 42.6 Å². The minimum atomic E-state index is -2.64. The van der Waals surface area contributed by atoms with Gasteiger partial charge in [0, 0.05) is 37.7 Å². The maximum atomic E-state index is 13.7. The number of hydrogen-bond donors (Lipinski definition) is 5. The largest absolute Gasteiger partial charge is 0.511 e. The monoisotopic (exact) mass is 486 g/mol. The molecule has 0 saturated heterocycles. The average Bonchev–Trinajstić information content (AvgIpc) is 2.76. The van der Waals surface area contributed by atoms with E-state index in [1.165, 1.54) is 6.07 Å². The molecular formula is C24H26N2O9. The number of esters is 1. The van der Waals surface area contributed by atoms with E-state index in [4.69, 9.17) is 10.5 Å². The molecule has 0 saturated carbocycles. The molecule has 3 aliphatic carbocycles. The number of allylic oxidation sites excluding steroid dienone is 2. The molecular weight excluding hydrogens is 460 g/mol. The third kappa shape index (κ3) is 3.29. The summed E-state index contributed by atoms with van der Waals surface area (Å²) in [6.45, 7) is 1.62. The Morgan fingerprint density at radius 3 is 2.43 bits per heavy atom. The first-order valence-corrected chi connectivity index (χ1v) is 11.1. The number of ketones is 2. The Labute approximate surface area is 200 Å². The molecule has 3 atom stereocenters. The van der Waals surface area contributed by atoms with Crippen molar-refractivity contribution in [1.82, 2.24) is 0 Å². The van der Waals surface area contributed by atoms with Gasteiger partial charge in [0.15, 0.2) is 11.4 Å². The number of ether oxygens (including phenoxy) is 1. The fourth-order valence-corrected chi connectivity index (χ4v) is 5.43. The molecule has 0 aliphatic heterocycles. The topological polar surface area (TPSA) is 188 Å². The predicted octanol–water partition coefficient (Wildman–Crippen LogP) is 0.823. The van der Waals surface area contributed by atoms with Crippen LogP contribution in [0.2, 0.25) is 0 Å². The van der Waals surface area contributed by atoms with E-state index < -0.39 is 63.7 Å². The van der Waals surface area contributed by atoms with Crippen molar-refractivity contribution in [2.45, 2.75) is 31.8 Å². The Morgan fingerprint density at radius 1 is 1.20 bits per heavy atom. The number of anilines is 1. The number of aromatic hydroxyl groups is 1. The van der Waals surface area contributed by atoms with E-state index in [0.717, 1.165) is 0 Å². The number of carbonyl (C=O) groups is 4. The van der Waals surface area contributed by atoms with Crippen LogP contribution in [0.5, 0.6) is 5.75 Å². The third-order valence-electron chi connectivity index (χ3n) is 7.02. The lowest BCUT2D eigenvalue weighted by Crippen LogP contribution is -2.57. The van der Waals surface area contributed by atoms with Crippen molar-refractivity contribution in [2.24, 2.45) is 17.6 Å². The molecule has 1 aromatic carbocycles. The van der Waals surface area contributed by atoms with Gasteiger partial charge in [0.2, 0.25) is 5.78 Å². The Morgan fingerprint density at radius 2 is 1.86 bits per heavy atom. The zero-order chi connectivity index (χ0) is 26.0. The van der Waals surface area contributed by atoms with Crippen LogP contribution in [-0.4, -0.2) is 70.2 Å². The summed E-state index contributed by atoms with van der Waals surface area (Å²) < 4.78 is 5.00. The van der Waals surface area contributed by atoms with Gasteiger partial charge >= 0.3 is 5.97 Å². The number of phenolic OH excluding ortho intramolecular Hbond substituents is 1. The van der Waals surface area contributed by atoms with Gasteiger partial charge in [0.25, 0.3) is 5.91 Å². The zero-order valence-electron chi connectivity index (χ0n) is 19.4. The van der Waals surface area contributed by atoms with Crippen molar-refractivity contribution in [1.29, 1.82) is 0 Å². The van der Waals surface area contributed by atoms with Gasteiger partial charge in [-0.25, -0.2) is 4.79 Å². The number of primary amides is 1. The smallest absolute Gasteiger partial charge is 0.342 e. The van der Waals surface area contributed by atoms with E-state index >= 15 is 0 Å². The number of phenols is 1. The molecule has 1 amide bonds. The van der Waals surface area contributed by atoms with Crippen molar-refractivity contribution in [2.75, 3.05) is 25.6 Å². The van der Waals surface area contributed by atoms with Gasteiger partial charge in [-0.1, -0.05) is 0 Å². The second-order valence-electron chi connectivity index (χ2n) is 9.17. The van der Waals surface area contributed by atoms with Crippen molar-refractivity contribution in [3.8, 4) is 5.75 Å². The number of rotatable bonds is 4. The molecule has 0 fully saturated rings. The molecule has 1 aromatic rings. The molecule has 0 unspecified atom stereocenters. The summed E-state index contributed by atoms with van der Waals surface area (Å²) in [4.78, 5) is 52.5. The maximum Gasteiger partial charge on any atom is 0.342 e. The Bertz CT molecular complexity index is 1260. The lowest BCUT2D eigenvalue weighted by molar-refractivity contribution is -0.144. The Balaban J connectivity index is 1.94. The van der Waals surface area contributed by atoms with E-state index in [1.54, 1.807) is 25.9 Å². The molecule has 11 heteroatoms. The van der Waals surface area contributed by atoms with E-state index in [9.17, 15) is 39.6 Å². The molecule has 186 valence electrons. The molecule has 0 heterocycles. The van der Waals surface area contributed by atoms with E-state index in [0.29, 0.717) is 11.3 Å². The van der Waals surface area contributed by atoms with Crippen LogP contribution in [0.3, 0.4) is 0 Å². The fourth-order valence-electron chi connectivity index (χ4n) is 5.43. The second-order valence-corrected chi connectivity index (χ2v) is 9.17. The quantitative estimate of drug-likeness (QED) is 0.301. The van der Waals surface area contributed by atoms with Crippen LogP contribution in [0.4, 0.5) is 5.69 Å². The molecule has 0 aromatic heterocycles. The van der Waals surface area contributed by atoms with Crippen LogP contribution in [0, 0.1) is 11.8 Å². The highest BCUT2D eigenvalue weighted by molar-refractivity contribution is 6.24. The number of nitrogens with two attached hydrogens (primary N) is 1. The number of Topliss-reactive ketones (excluding diaryl/α,β-unsaturated/α-hetero) is 2. The number of aliphatic hydroxyl groups is 3. The van der Waals surface area contributed by atoms with Gasteiger partial charge < -0.3 is 35.8 Å². The van der Waals surface area contributed by atoms with Crippen LogP contribution in [0.1, 0.15) is 46.0 Å². The fraction of sp³-hybridized carbons (Fsp3) is 0.417. The number of hydrogen-bond acceptors (Lipinski definition) is 10. The highest BCUT2D eigenvalue weighted by Gasteiger charge is 2.59. The number of benzene rings is 1. The van der Waals surface area contributed by atoms with Gasteiger partial charge in [-0.15, -0.1) is 0 Å². The van der Waals surface area contributed by atoms with Crippen LogP contribution < -0.4 is 10.6 Å². The van der Waals surface area contributed by atoms with Crippen LogP contribution in [0.15, 0.2) is 28.7 Å². The molecule has 4 rings (SSSR count). The first-order valence-electron chi connectivity index (χ1n) is 11.1. The molecule has 6 N–H and O–H groups in total. The summed E-state index contributed by atoms with van der Waals surface area (Å²) in [6.07, 6.45) is -0.141. The number of aliphatic hydroxyl groups excluding tert-OH is 2. The van der Waals surface area contributed by atoms with Crippen molar-refractivity contribution >= 4 is 29.1 Å². The first-order chi connectivity index (χ1) is 16.4. The van der Waals surface area contributed by atoms with Crippen molar-refractivity contribution in [3.63, 3.8) is 0 Å². The third-order valence-corrected chi connectivity index (χ3v) is 7.02. The van der Waals surface area contributed by atoms with Gasteiger partial charge in [-0.3, -0.25) is 14.4 Å². The highest BCUT2D eigenvalue weighted by Crippen LogP contribution is 2.52. The Hall–Kier alpha value is -3.86. The second kappa shape index (κ2) is 8.12. The van der Waals surface area contributed by atoms with Crippen LogP contribution in [0.25, 0.3) is 0 Å². The number of fused-ring (bicyclic) bond motifs is 3. The standard InChI is InChI=1S/C24H26N2O9/c1-4-35-23(33)12-8-13(26(2)3)11-6-9-5-10-7-14(27)17(22(25)32)21(31)24(10,34)20(30)15(9)19(29)16(11)18(12)28/h8-10,27-28,30,34H,4-7H2,1-3H3,(H2,25,32)/t9-,10+,24+/m1/s1. The summed E-state index contributed by atoms with van der Waals surface area (Å²) in [7, 11) is 3.39. The lowest BCUT2D eigenvalue weighted by atomic mass is 9.60. The maximum absolute atomic E-state index is 13.7. The molecule has 0 radical (unpaired) electrons. The molecule has 3 aliphatic rings. The van der Waals surface area contributed by atoms with Crippen LogP contribution >= 0.6 is 0 Å². The summed E-state index contributed by atoms with van der Waals surface area (Å²) in [5, 5.41) is 43.5. The number of amides is 1. The average molecular weight is 486 g/mol. The van der Waals surface area contributed by atoms with Gasteiger partial charge in [0.1, 0.15) is 28.4 Å². The van der Waals surface area contributed by atoms with E-state index in [1.807, 2.05) is 0 Å². The minimum Gasteiger partial charge on any atom is -0.511 e. The summed E-state index contributed by atoms with van der Waals surface area (Å²) in [5.74, 6) is -8.11. The van der Waals surface area contributed by atoms with Gasteiger partial charge in [-0.2, -0.15) is 0 Å². The molecule has 0 spiro atoms. The molecule has 35 heavy (non-hydrogen) atoms. The summed E-state index contributed by atoms with van der Waals surface area (Å²) in [6, 6.07) is 1.42. The molecule has 11 nitrogen and oxygen atoms in total.